The molecule has 0 aliphatic carbocycles. The number of aryl methyl sites for hydroxylation is 1. The molecule has 3 aromatic rings. The SMILES string of the molecule is CCCCNC(=O)[C@H](CC)N(Cc1ccc(Cl)cc1)C(=O)CN(c1ccc(OCC)cc1)S(=O)(=O)c1ccc(C)cc1. The van der Waals surface area contributed by atoms with Gasteiger partial charge in [0.05, 0.1) is 17.2 Å². The Morgan fingerprint density at radius 3 is 2.14 bits per heavy atom. The van der Waals surface area contributed by atoms with Crippen molar-refractivity contribution in [3.63, 3.8) is 0 Å². The quantitative estimate of drug-likeness (QED) is 0.213. The van der Waals surface area contributed by atoms with E-state index in [2.05, 4.69) is 5.32 Å². The molecule has 0 saturated heterocycles. The first-order valence-corrected chi connectivity index (χ1v) is 16.1. The van der Waals surface area contributed by atoms with E-state index in [4.69, 9.17) is 16.3 Å². The number of ether oxygens (including phenoxy) is 1. The Morgan fingerprint density at radius 1 is 0.929 bits per heavy atom. The van der Waals surface area contributed by atoms with Gasteiger partial charge in [0, 0.05) is 18.1 Å². The van der Waals surface area contributed by atoms with Crippen molar-refractivity contribution in [2.45, 2.75) is 64.4 Å². The lowest BCUT2D eigenvalue weighted by Crippen LogP contribution is -2.52. The Balaban J connectivity index is 2.03. The maximum absolute atomic E-state index is 14.1. The fraction of sp³-hybridized carbons (Fsp3) is 0.375. The van der Waals surface area contributed by atoms with Gasteiger partial charge in [-0.3, -0.25) is 13.9 Å². The van der Waals surface area contributed by atoms with Crippen molar-refractivity contribution >= 4 is 39.1 Å². The summed E-state index contributed by atoms with van der Waals surface area (Å²) < 4.78 is 34.6. The van der Waals surface area contributed by atoms with E-state index in [9.17, 15) is 18.0 Å². The second-order valence-electron chi connectivity index (χ2n) is 9.97. The largest absolute Gasteiger partial charge is 0.494 e. The molecule has 0 bridgehead atoms. The summed E-state index contributed by atoms with van der Waals surface area (Å²) in [4.78, 5) is 28.9. The molecule has 0 spiro atoms. The molecule has 1 atom stereocenters. The Hall–Kier alpha value is -3.56. The number of sulfonamides is 1. The molecule has 0 aromatic heterocycles. The summed E-state index contributed by atoms with van der Waals surface area (Å²) in [7, 11) is -4.15. The van der Waals surface area contributed by atoms with Crippen LogP contribution in [0.3, 0.4) is 0 Å². The monoisotopic (exact) mass is 613 g/mol. The lowest BCUT2D eigenvalue weighted by Gasteiger charge is -2.33. The third kappa shape index (κ3) is 8.72. The number of anilines is 1. The number of carbonyl (C=O) groups excluding carboxylic acids is 2. The maximum atomic E-state index is 14.1. The standard InChI is InChI=1S/C32H40ClN3O5S/c1-5-8-21-34-32(38)30(6-2)35(22-25-11-13-26(33)14-12-25)31(37)23-36(27-15-17-28(18-16-27)41-7-3)42(39,40)29-19-9-24(4)10-20-29/h9-20,30H,5-8,21-23H2,1-4H3,(H,34,38)/t30-/m0/s1. The van der Waals surface area contributed by atoms with Crippen LogP contribution in [0.2, 0.25) is 5.02 Å². The van der Waals surface area contributed by atoms with Crippen molar-refractivity contribution in [2.24, 2.45) is 0 Å². The summed E-state index contributed by atoms with van der Waals surface area (Å²) in [6.07, 6.45) is 2.08. The molecule has 3 rings (SSSR count). The molecule has 0 aliphatic rings. The molecule has 42 heavy (non-hydrogen) atoms. The minimum atomic E-state index is -4.15. The summed E-state index contributed by atoms with van der Waals surface area (Å²) >= 11 is 6.08. The van der Waals surface area contributed by atoms with E-state index in [1.165, 1.54) is 17.0 Å². The summed E-state index contributed by atoms with van der Waals surface area (Å²) in [5.74, 6) is -0.200. The van der Waals surface area contributed by atoms with Gasteiger partial charge in [0.2, 0.25) is 11.8 Å². The second kappa shape index (κ2) is 15.6. The fourth-order valence-electron chi connectivity index (χ4n) is 4.45. The molecule has 2 amide bonds. The highest BCUT2D eigenvalue weighted by atomic mass is 35.5. The predicted molar refractivity (Wildman–Crippen MR) is 167 cm³/mol. The van der Waals surface area contributed by atoms with Crippen molar-refractivity contribution in [1.29, 1.82) is 0 Å². The Morgan fingerprint density at radius 2 is 1.57 bits per heavy atom. The van der Waals surface area contributed by atoms with E-state index in [0.717, 1.165) is 28.3 Å². The third-order valence-electron chi connectivity index (χ3n) is 6.81. The van der Waals surface area contributed by atoms with Crippen molar-refractivity contribution in [2.75, 3.05) is 24.0 Å². The summed E-state index contributed by atoms with van der Waals surface area (Å²) in [5.41, 5.74) is 1.98. The first-order chi connectivity index (χ1) is 20.1. The number of amides is 2. The molecule has 0 heterocycles. The average molecular weight is 614 g/mol. The molecule has 0 fully saturated rings. The van der Waals surface area contributed by atoms with Crippen LogP contribution in [0.25, 0.3) is 0 Å². The van der Waals surface area contributed by atoms with Crippen LogP contribution in [0.15, 0.2) is 77.7 Å². The average Bonchev–Trinajstić information content (AvgIpc) is 2.97. The molecule has 0 aliphatic heterocycles. The van der Waals surface area contributed by atoms with Crippen molar-refractivity contribution in [3.05, 3.63) is 88.9 Å². The number of rotatable bonds is 15. The van der Waals surface area contributed by atoms with Crippen LogP contribution in [-0.4, -0.2) is 50.9 Å². The van der Waals surface area contributed by atoms with E-state index < -0.39 is 28.5 Å². The molecule has 0 unspecified atom stereocenters. The normalized spacial score (nSPS) is 11.9. The number of unbranched alkanes of at least 4 members (excludes halogenated alkanes) is 1. The van der Waals surface area contributed by atoms with Crippen LogP contribution in [-0.2, 0) is 26.2 Å². The van der Waals surface area contributed by atoms with E-state index in [-0.39, 0.29) is 17.3 Å². The number of benzene rings is 3. The van der Waals surface area contributed by atoms with E-state index in [1.54, 1.807) is 60.7 Å². The van der Waals surface area contributed by atoms with Gasteiger partial charge in [-0.05, 0) is 80.8 Å². The Kier molecular flexibility index (Phi) is 12.2. The van der Waals surface area contributed by atoms with Crippen LogP contribution in [0.5, 0.6) is 5.75 Å². The summed E-state index contributed by atoms with van der Waals surface area (Å²) in [6.45, 7) is 8.15. The van der Waals surface area contributed by atoms with Gasteiger partial charge in [-0.15, -0.1) is 0 Å². The molecule has 226 valence electrons. The van der Waals surface area contributed by atoms with Gasteiger partial charge < -0.3 is 15.0 Å². The number of hydrogen-bond donors (Lipinski definition) is 1. The van der Waals surface area contributed by atoms with Crippen molar-refractivity contribution < 1.29 is 22.7 Å². The number of carbonyl (C=O) groups is 2. The lowest BCUT2D eigenvalue weighted by atomic mass is 10.1. The number of halogens is 1. The predicted octanol–water partition coefficient (Wildman–Crippen LogP) is 5.97. The van der Waals surface area contributed by atoms with Gasteiger partial charge in [-0.2, -0.15) is 0 Å². The van der Waals surface area contributed by atoms with Crippen LogP contribution >= 0.6 is 11.6 Å². The summed E-state index contributed by atoms with van der Waals surface area (Å²) in [5, 5.41) is 3.48. The molecule has 3 aromatic carbocycles. The highest BCUT2D eigenvalue weighted by Gasteiger charge is 2.33. The highest BCUT2D eigenvalue weighted by Crippen LogP contribution is 2.27. The molecule has 8 nitrogen and oxygen atoms in total. The van der Waals surface area contributed by atoms with Crippen molar-refractivity contribution in [1.82, 2.24) is 10.2 Å². The molecule has 0 saturated carbocycles. The minimum Gasteiger partial charge on any atom is -0.494 e. The molecule has 10 heteroatoms. The number of hydrogen-bond acceptors (Lipinski definition) is 5. The molecule has 1 N–H and O–H groups in total. The van der Waals surface area contributed by atoms with Gasteiger partial charge in [0.1, 0.15) is 18.3 Å². The van der Waals surface area contributed by atoms with Gasteiger partial charge >= 0.3 is 0 Å². The lowest BCUT2D eigenvalue weighted by molar-refractivity contribution is -0.140. The Labute approximate surface area is 254 Å². The first kappa shape index (κ1) is 32.9. The van der Waals surface area contributed by atoms with Crippen LogP contribution < -0.4 is 14.4 Å². The van der Waals surface area contributed by atoms with Gasteiger partial charge in [0.15, 0.2) is 0 Å². The summed E-state index contributed by atoms with van der Waals surface area (Å²) in [6, 6.07) is 19.3. The zero-order valence-corrected chi connectivity index (χ0v) is 26.2. The fourth-order valence-corrected chi connectivity index (χ4v) is 5.99. The smallest absolute Gasteiger partial charge is 0.264 e. The van der Waals surface area contributed by atoms with Gasteiger partial charge in [0.25, 0.3) is 10.0 Å². The zero-order chi connectivity index (χ0) is 30.7. The number of nitrogens with zero attached hydrogens (tertiary/aromatic N) is 2. The molecule has 0 radical (unpaired) electrons. The minimum absolute atomic E-state index is 0.0587. The van der Waals surface area contributed by atoms with Crippen molar-refractivity contribution in [3.8, 4) is 5.75 Å². The van der Waals surface area contributed by atoms with Gasteiger partial charge in [-0.1, -0.05) is 61.7 Å². The Bertz CT molecular complexity index is 1410. The van der Waals surface area contributed by atoms with E-state index >= 15 is 0 Å². The maximum Gasteiger partial charge on any atom is 0.264 e. The zero-order valence-electron chi connectivity index (χ0n) is 24.7. The third-order valence-corrected chi connectivity index (χ3v) is 8.85. The molecular weight excluding hydrogens is 574 g/mol. The highest BCUT2D eigenvalue weighted by molar-refractivity contribution is 7.92. The second-order valence-corrected chi connectivity index (χ2v) is 12.3. The first-order valence-electron chi connectivity index (χ1n) is 14.2. The topological polar surface area (TPSA) is 96.0 Å². The van der Waals surface area contributed by atoms with E-state index in [0.29, 0.717) is 36.0 Å². The van der Waals surface area contributed by atoms with Crippen LogP contribution in [0.4, 0.5) is 5.69 Å². The molecular formula is C32H40ClN3O5S. The van der Waals surface area contributed by atoms with Crippen LogP contribution in [0.1, 0.15) is 51.2 Å². The van der Waals surface area contributed by atoms with Gasteiger partial charge in [-0.25, -0.2) is 8.42 Å². The van der Waals surface area contributed by atoms with Crippen LogP contribution in [0, 0.1) is 6.92 Å². The number of nitrogens with one attached hydrogen (secondary N) is 1. The van der Waals surface area contributed by atoms with E-state index in [1.807, 2.05) is 27.7 Å².